The van der Waals surface area contributed by atoms with Gasteiger partial charge in [0.1, 0.15) is 0 Å². The topological polar surface area (TPSA) is 75.3 Å². The zero-order chi connectivity index (χ0) is 17.0. The maximum Gasteiger partial charge on any atom is 0.241 e. The van der Waals surface area contributed by atoms with Crippen LogP contribution < -0.4 is 10.0 Å². The number of hydrogen-bond donors (Lipinski definition) is 2. The summed E-state index contributed by atoms with van der Waals surface area (Å²) in [5, 5.41) is 2.80. The van der Waals surface area contributed by atoms with E-state index in [0.717, 1.165) is 12.8 Å². The molecule has 1 rings (SSSR count). The second-order valence-corrected chi connectivity index (χ2v) is 8.24. The van der Waals surface area contributed by atoms with E-state index < -0.39 is 15.6 Å². The Morgan fingerprint density at radius 2 is 1.73 bits per heavy atom. The minimum Gasteiger partial charge on any atom is -0.326 e. The second-order valence-electron chi connectivity index (χ2n) is 6.56. The Morgan fingerprint density at radius 3 is 2.18 bits per heavy atom. The minimum atomic E-state index is -3.55. The Hall–Kier alpha value is -1.40. The molecule has 124 valence electrons. The van der Waals surface area contributed by atoms with Gasteiger partial charge in [0, 0.05) is 17.1 Å². The molecule has 0 saturated carbocycles. The zero-order valence-electron chi connectivity index (χ0n) is 13.9. The fourth-order valence-corrected chi connectivity index (χ4v) is 3.43. The van der Waals surface area contributed by atoms with Crippen LogP contribution in [0.3, 0.4) is 0 Å². The van der Waals surface area contributed by atoms with Gasteiger partial charge in [0.05, 0.1) is 4.90 Å². The van der Waals surface area contributed by atoms with Crippen molar-refractivity contribution in [2.45, 2.75) is 57.9 Å². The van der Waals surface area contributed by atoms with Gasteiger partial charge in [-0.15, -0.1) is 0 Å². The molecule has 0 fully saturated rings. The van der Waals surface area contributed by atoms with Crippen LogP contribution >= 0.6 is 0 Å². The first kappa shape index (κ1) is 18.6. The van der Waals surface area contributed by atoms with Gasteiger partial charge in [0.25, 0.3) is 0 Å². The Labute approximate surface area is 133 Å². The van der Waals surface area contributed by atoms with Crippen LogP contribution in [0.4, 0.5) is 5.69 Å². The predicted molar refractivity (Wildman–Crippen MR) is 89.2 cm³/mol. The quantitative estimate of drug-likeness (QED) is 0.843. The van der Waals surface area contributed by atoms with Gasteiger partial charge in [-0.1, -0.05) is 20.3 Å². The number of anilines is 1. The molecule has 0 aliphatic rings. The van der Waals surface area contributed by atoms with Crippen molar-refractivity contribution in [3.8, 4) is 0 Å². The molecular weight excluding hydrogens is 300 g/mol. The van der Waals surface area contributed by atoms with Gasteiger partial charge in [-0.3, -0.25) is 4.79 Å². The van der Waals surface area contributed by atoms with Gasteiger partial charge in [-0.25, -0.2) is 13.1 Å². The zero-order valence-corrected chi connectivity index (χ0v) is 14.8. The molecule has 0 aromatic heterocycles. The maximum atomic E-state index is 12.2. The van der Waals surface area contributed by atoms with Crippen molar-refractivity contribution in [2.24, 2.45) is 5.92 Å². The average Bonchev–Trinajstić information content (AvgIpc) is 2.36. The largest absolute Gasteiger partial charge is 0.326 e. The molecule has 0 spiro atoms. The first-order valence-corrected chi connectivity index (χ1v) is 8.98. The number of carbonyl (C=O) groups excluding carboxylic acids is 1. The Kier molecular flexibility index (Phi) is 6.14. The predicted octanol–water partition coefficient (Wildman–Crippen LogP) is 3.14. The summed E-state index contributed by atoms with van der Waals surface area (Å²) in [7, 11) is -3.55. The van der Waals surface area contributed by atoms with E-state index in [1.165, 1.54) is 12.1 Å². The van der Waals surface area contributed by atoms with Crippen molar-refractivity contribution < 1.29 is 13.2 Å². The first-order valence-electron chi connectivity index (χ1n) is 7.50. The van der Waals surface area contributed by atoms with Crippen LogP contribution in [0, 0.1) is 5.92 Å². The average molecular weight is 326 g/mol. The van der Waals surface area contributed by atoms with Crippen molar-refractivity contribution in [1.82, 2.24) is 4.72 Å². The number of carbonyl (C=O) groups is 1. The molecule has 1 amide bonds. The second kappa shape index (κ2) is 7.24. The molecule has 0 saturated heterocycles. The van der Waals surface area contributed by atoms with E-state index in [0.29, 0.717) is 5.69 Å². The standard InChI is InChI=1S/C16H26N2O3S/c1-6-7-12(2)15(19)17-13-8-10-14(11-9-13)22(20,21)18-16(3,4)5/h8-12,18H,6-7H2,1-5H3,(H,17,19). The van der Waals surface area contributed by atoms with E-state index in [-0.39, 0.29) is 16.7 Å². The highest BCUT2D eigenvalue weighted by Crippen LogP contribution is 2.17. The molecule has 0 aliphatic carbocycles. The lowest BCUT2D eigenvalue weighted by Gasteiger charge is -2.20. The van der Waals surface area contributed by atoms with E-state index in [4.69, 9.17) is 0 Å². The summed E-state index contributed by atoms with van der Waals surface area (Å²) in [6, 6.07) is 6.20. The number of sulfonamides is 1. The van der Waals surface area contributed by atoms with E-state index in [1.807, 2.05) is 13.8 Å². The fourth-order valence-electron chi connectivity index (χ4n) is 2.01. The summed E-state index contributed by atoms with van der Waals surface area (Å²) in [5.74, 6) is -0.110. The lowest BCUT2D eigenvalue weighted by Crippen LogP contribution is -2.40. The number of hydrogen-bond acceptors (Lipinski definition) is 3. The smallest absolute Gasteiger partial charge is 0.241 e. The van der Waals surface area contributed by atoms with Crippen molar-refractivity contribution in [3.05, 3.63) is 24.3 Å². The maximum absolute atomic E-state index is 12.2. The summed E-state index contributed by atoms with van der Waals surface area (Å²) in [5.41, 5.74) is 0.0593. The Bertz CT molecular complexity index is 601. The van der Waals surface area contributed by atoms with Crippen LogP contribution in [0.25, 0.3) is 0 Å². The SMILES string of the molecule is CCCC(C)C(=O)Nc1ccc(S(=O)(=O)NC(C)(C)C)cc1. The summed E-state index contributed by atoms with van der Waals surface area (Å²) < 4.78 is 26.9. The van der Waals surface area contributed by atoms with Crippen molar-refractivity contribution in [1.29, 1.82) is 0 Å². The van der Waals surface area contributed by atoms with Crippen molar-refractivity contribution in [2.75, 3.05) is 5.32 Å². The third-order valence-electron chi connectivity index (χ3n) is 3.04. The lowest BCUT2D eigenvalue weighted by molar-refractivity contribution is -0.119. The van der Waals surface area contributed by atoms with E-state index in [2.05, 4.69) is 10.0 Å². The van der Waals surface area contributed by atoms with Gasteiger partial charge in [-0.05, 0) is 51.5 Å². The van der Waals surface area contributed by atoms with E-state index in [9.17, 15) is 13.2 Å². The first-order chi connectivity index (χ1) is 10.0. The van der Waals surface area contributed by atoms with Crippen LogP contribution in [-0.4, -0.2) is 19.9 Å². The molecule has 6 heteroatoms. The molecular formula is C16H26N2O3S. The molecule has 1 aromatic carbocycles. The third-order valence-corrected chi connectivity index (χ3v) is 4.82. The highest BCUT2D eigenvalue weighted by Gasteiger charge is 2.22. The molecule has 2 N–H and O–H groups in total. The van der Waals surface area contributed by atoms with Gasteiger partial charge >= 0.3 is 0 Å². The monoisotopic (exact) mass is 326 g/mol. The molecule has 1 atom stereocenters. The highest BCUT2D eigenvalue weighted by molar-refractivity contribution is 7.89. The Morgan fingerprint density at radius 1 is 1.18 bits per heavy atom. The van der Waals surface area contributed by atoms with Crippen molar-refractivity contribution in [3.63, 3.8) is 0 Å². The molecule has 0 bridgehead atoms. The van der Waals surface area contributed by atoms with E-state index in [1.54, 1.807) is 32.9 Å². The van der Waals surface area contributed by atoms with E-state index >= 15 is 0 Å². The number of rotatable bonds is 6. The molecule has 22 heavy (non-hydrogen) atoms. The van der Waals surface area contributed by atoms with Crippen LogP contribution in [0.1, 0.15) is 47.5 Å². The van der Waals surface area contributed by atoms with Crippen molar-refractivity contribution >= 4 is 21.6 Å². The normalized spacial score (nSPS) is 13.7. The van der Waals surface area contributed by atoms with Gasteiger partial charge in [0.15, 0.2) is 0 Å². The lowest BCUT2D eigenvalue weighted by atomic mass is 10.1. The molecule has 0 radical (unpaired) electrons. The summed E-state index contributed by atoms with van der Waals surface area (Å²) in [6.07, 6.45) is 1.78. The highest BCUT2D eigenvalue weighted by atomic mass is 32.2. The molecule has 0 heterocycles. The fraction of sp³-hybridized carbons (Fsp3) is 0.562. The van der Waals surface area contributed by atoms with Gasteiger partial charge in [0.2, 0.25) is 15.9 Å². The van der Waals surface area contributed by atoms with Gasteiger partial charge in [-0.2, -0.15) is 0 Å². The Balaban J connectivity index is 2.81. The number of nitrogens with one attached hydrogen (secondary N) is 2. The molecule has 1 unspecified atom stereocenters. The molecule has 1 aromatic rings. The van der Waals surface area contributed by atoms with Crippen LogP contribution in [0.15, 0.2) is 29.2 Å². The third kappa shape index (κ3) is 5.77. The van der Waals surface area contributed by atoms with Crippen LogP contribution in [-0.2, 0) is 14.8 Å². The summed E-state index contributed by atoms with van der Waals surface area (Å²) in [6.45, 7) is 9.27. The van der Waals surface area contributed by atoms with Crippen LogP contribution in [0.5, 0.6) is 0 Å². The molecule has 0 aliphatic heterocycles. The summed E-state index contributed by atoms with van der Waals surface area (Å²) >= 11 is 0. The molecule has 5 nitrogen and oxygen atoms in total. The summed E-state index contributed by atoms with van der Waals surface area (Å²) in [4.78, 5) is 12.1. The number of amides is 1. The van der Waals surface area contributed by atoms with Crippen LogP contribution in [0.2, 0.25) is 0 Å². The number of benzene rings is 1. The minimum absolute atomic E-state index is 0.0507. The van der Waals surface area contributed by atoms with Gasteiger partial charge < -0.3 is 5.32 Å².